The number of hydrogen-bond acceptors (Lipinski definition) is 3. The summed E-state index contributed by atoms with van der Waals surface area (Å²) in [5.41, 5.74) is 6.31. The van der Waals surface area contributed by atoms with Gasteiger partial charge in [-0.05, 0) is 42.0 Å². The van der Waals surface area contributed by atoms with E-state index in [1.54, 1.807) is 11.8 Å². The number of rotatable bonds is 6. The number of carbonyl (C=O) groups is 1. The molecule has 0 fully saturated rings. The Balaban J connectivity index is 2.54. The molecule has 0 atom stereocenters. The minimum absolute atomic E-state index is 0.0151. The Hall–Kier alpha value is -1.00. The first-order valence-corrected chi connectivity index (χ1v) is 7.18. The number of thioether (sulfide) groups is 1. The van der Waals surface area contributed by atoms with E-state index >= 15 is 0 Å². The molecule has 0 aliphatic heterocycles. The van der Waals surface area contributed by atoms with Crippen LogP contribution in [0.4, 0.5) is 5.69 Å². The number of hydrogen-bond donors (Lipinski definition) is 2. The van der Waals surface area contributed by atoms with E-state index < -0.39 is 0 Å². The molecule has 4 heteroatoms. The zero-order valence-electron chi connectivity index (χ0n) is 11.3. The van der Waals surface area contributed by atoms with Gasteiger partial charge in [0.1, 0.15) is 0 Å². The fourth-order valence-corrected chi connectivity index (χ4v) is 2.18. The molecule has 100 valence electrons. The molecule has 0 aromatic heterocycles. The molecule has 3 N–H and O–H groups in total. The molecule has 0 aliphatic rings. The Morgan fingerprint density at radius 1 is 1.33 bits per heavy atom. The second-order valence-electron chi connectivity index (χ2n) is 5.05. The van der Waals surface area contributed by atoms with Crippen molar-refractivity contribution in [2.75, 3.05) is 17.6 Å². The van der Waals surface area contributed by atoms with Crippen LogP contribution in [-0.4, -0.2) is 18.2 Å². The molecule has 3 nitrogen and oxygen atoms in total. The van der Waals surface area contributed by atoms with Gasteiger partial charge in [0, 0.05) is 17.0 Å². The van der Waals surface area contributed by atoms with Crippen molar-refractivity contribution in [1.29, 1.82) is 0 Å². The van der Waals surface area contributed by atoms with Gasteiger partial charge in [-0.15, -0.1) is 11.8 Å². The average Bonchev–Trinajstić information content (AvgIpc) is 2.31. The highest BCUT2D eigenvalue weighted by atomic mass is 32.2. The van der Waals surface area contributed by atoms with Crippen molar-refractivity contribution in [3.05, 3.63) is 24.3 Å². The first-order chi connectivity index (χ1) is 8.46. The van der Waals surface area contributed by atoms with E-state index in [1.165, 1.54) is 4.90 Å². The van der Waals surface area contributed by atoms with Gasteiger partial charge in [0.25, 0.3) is 0 Å². The topological polar surface area (TPSA) is 55.1 Å². The van der Waals surface area contributed by atoms with Crippen LogP contribution in [-0.2, 0) is 4.79 Å². The van der Waals surface area contributed by atoms with E-state index in [1.807, 2.05) is 38.1 Å². The second-order valence-corrected chi connectivity index (χ2v) is 6.39. The van der Waals surface area contributed by atoms with Crippen LogP contribution in [0.2, 0.25) is 0 Å². The van der Waals surface area contributed by atoms with E-state index in [9.17, 15) is 4.79 Å². The summed E-state index contributed by atoms with van der Waals surface area (Å²) in [6, 6.07) is 7.92. The summed E-state index contributed by atoms with van der Waals surface area (Å²) < 4.78 is 0. The standard InChI is InChI=1S/C14H22N2OS/c1-4-18-12-7-5-11(6-8-12)16-13(17)9-14(2,3)10-15/h5-8H,4,9-10,15H2,1-3H3,(H,16,17). The van der Waals surface area contributed by atoms with Gasteiger partial charge < -0.3 is 11.1 Å². The maximum atomic E-state index is 11.8. The molecule has 1 amide bonds. The molecule has 1 aromatic rings. The normalized spacial score (nSPS) is 11.3. The van der Waals surface area contributed by atoms with Crippen molar-refractivity contribution in [2.24, 2.45) is 11.1 Å². The van der Waals surface area contributed by atoms with Crippen LogP contribution in [0.15, 0.2) is 29.2 Å². The third kappa shape index (κ3) is 5.10. The Morgan fingerprint density at radius 2 is 1.94 bits per heavy atom. The zero-order valence-corrected chi connectivity index (χ0v) is 12.1. The van der Waals surface area contributed by atoms with Crippen LogP contribution in [0.3, 0.4) is 0 Å². The van der Waals surface area contributed by atoms with Crippen molar-refractivity contribution in [3.8, 4) is 0 Å². The molecular weight excluding hydrogens is 244 g/mol. The molecule has 0 unspecified atom stereocenters. The third-order valence-electron chi connectivity index (χ3n) is 2.64. The van der Waals surface area contributed by atoms with Gasteiger partial charge in [0.05, 0.1) is 0 Å². The number of benzene rings is 1. The lowest BCUT2D eigenvalue weighted by atomic mass is 9.89. The number of nitrogens with one attached hydrogen (secondary N) is 1. The molecule has 0 spiro atoms. The van der Waals surface area contributed by atoms with Crippen molar-refractivity contribution in [3.63, 3.8) is 0 Å². The quantitative estimate of drug-likeness (QED) is 0.778. The minimum atomic E-state index is -0.151. The highest BCUT2D eigenvalue weighted by Crippen LogP contribution is 2.22. The minimum Gasteiger partial charge on any atom is -0.330 e. The summed E-state index contributed by atoms with van der Waals surface area (Å²) in [4.78, 5) is 13.0. The van der Waals surface area contributed by atoms with E-state index in [0.29, 0.717) is 13.0 Å². The van der Waals surface area contributed by atoms with Gasteiger partial charge in [0.15, 0.2) is 0 Å². The molecule has 1 rings (SSSR count). The maximum Gasteiger partial charge on any atom is 0.224 e. The Labute approximate surface area is 114 Å². The van der Waals surface area contributed by atoms with Crippen LogP contribution in [0.5, 0.6) is 0 Å². The van der Waals surface area contributed by atoms with Crippen LogP contribution in [0, 0.1) is 5.41 Å². The van der Waals surface area contributed by atoms with Crippen molar-refractivity contribution in [1.82, 2.24) is 0 Å². The maximum absolute atomic E-state index is 11.8. The Morgan fingerprint density at radius 3 is 2.44 bits per heavy atom. The molecule has 0 heterocycles. The molecule has 0 aliphatic carbocycles. The third-order valence-corrected chi connectivity index (χ3v) is 3.53. The average molecular weight is 266 g/mol. The molecular formula is C14H22N2OS. The van der Waals surface area contributed by atoms with Gasteiger partial charge in [-0.1, -0.05) is 20.8 Å². The highest BCUT2D eigenvalue weighted by Gasteiger charge is 2.20. The van der Waals surface area contributed by atoms with E-state index in [2.05, 4.69) is 12.2 Å². The fraction of sp³-hybridized carbons (Fsp3) is 0.500. The lowest BCUT2D eigenvalue weighted by molar-refractivity contribution is -0.117. The molecule has 0 radical (unpaired) electrons. The summed E-state index contributed by atoms with van der Waals surface area (Å²) in [6.07, 6.45) is 0.439. The molecule has 0 saturated carbocycles. The van der Waals surface area contributed by atoms with Crippen molar-refractivity contribution >= 4 is 23.4 Å². The summed E-state index contributed by atoms with van der Waals surface area (Å²) in [6.45, 7) is 6.61. The molecule has 18 heavy (non-hydrogen) atoms. The van der Waals surface area contributed by atoms with Crippen LogP contribution >= 0.6 is 11.8 Å². The molecule has 0 saturated heterocycles. The van der Waals surface area contributed by atoms with E-state index in [0.717, 1.165) is 11.4 Å². The van der Waals surface area contributed by atoms with Gasteiger partial charge in [-0.2, -0.15) is 0 Å². The summed E-state index contributed by atoms with van der Waals surface area (Å²) in [7, 11) is 0. The largest absolute Gasteiger partial charge is 0.330 e. The fourth-order valence-electron chi connectivity index (χ4n) is 1.51. The summed E-state index contributed by atoms with van der Waals surface area (Å²) in [5, 5.41) is 2.90. The molecule has 1 aromatic carbocycles. The Kier molecular flexibility index (Phi) is 5.69. The number of carbonyl (C=O) groups excluding carboxylic acids is 1. The van der Waals surface area contributed by atoms with Crippen LogP contribution in [0.25, 0.3) is 0 Å². The summed E-state index contributed by atoms with van der Waals surface area (Å²) in [5.74, 6) is 1.07. The predicted molar refractivity (Wildman–Crippen MR) is 78.9 cm³/mol. The first kappa shape index (κ1) is 15.1. The number of anilines is 1. The van der Waals surface area contributed by atoms with Gasteiger partial charge in [0.2, 0.25) is 5.91 Å². The van der Waals surface area contributed by atoms with Crippen molar-refractivity contribution in [2.45, 2.75) is 32.1 Å². The van der Waals surface area contributed by atoms with Gasteiger partial charge >= 0.3 is 0 Å². The lowest BCUT2D eigenvalue weighted by Gasteiger charge is -2.21. The summed E-state index contributed by atoms with van der Waals surface area (Å²) >= 11 is 1.79. The van der Waals surface area contributed by atoms with E-state index in [4.69, 9.17) is 5.73 Å². The van der Waals surface area contributed by atoms with Crippen LogP contribution < -0.4 is 11.1 Å². The van der Waals surface area contributed by atoms with Crippen LogP contribution in [0.1, 0.15) is 27.2 Å². The highest BCUT2D eigenvalue weighted by molar-refractivity contribution is 7.99. The first-order valence-electron chi connectivity index (χ1n) is 6.19. The second kappa shape index (κ2) is 6.81. The lowest BCUT2D eigenvalue weighted by Crippen LogP contribution is -2.29. The smallest absolute Gasteiger partial charge is 0.224 e. The predicted octanol–water partition coefficient (Wildman–Crippen LogP) is 3.11. The SMILES string of the molecule is CCSc1ccc(NC(=O)CC(C)(C)CN)cc1. The zero-order chi connectivity index (χ0) is 13.6. The van der Waals surface area contributed by atoms with E-state index in [-0.39, 0.29) is 11.3 Å². The van der Waals surface area contributed by atoms with Gasteiger partial charge in [-0.3, -0.25) is 4.79 Å². The van der Waals surface area contributed by atoms with Crippen molar-refractivity contribution < 1.29 is 4.79 Å². The molecule has 0 bridgehead atoms. The Bertz CT molecular complexity index is 387. The monoisotopic (exact) mass is 266 g/mol. The van der Waals surface area contributed by atoms with Gasteiger partial charge in [-0.25, -0.2) is 0 Å². The number of amides is 1. The number of nitrogens with two attached hydrogens (primary N) is 1.